The Morgan fingerprint density at radius 2 is 2.06 bits per heavy atom. The number of aromatic nitrogens is 3. The van der Waals surface area contributed by atoms with Crippen LogP contribution in [0.15, 0.2) is 22.9 Å². The summed E-state index contributed by atoms with van der Waals surface area (Å²) in [6.45, 7) is 0. The van der Waals surface area contributed by atoms with Crippen LogP contribution >= 0.6 is 0 Å². The first-order valence-electron chi connectivity index (χ1n) is 4.48. The van der Waals surface area contributed by atoms with Gasteiger partial charge in [0, 0.05) is 6.20 Å². The van der Waals surface area contributed by atoms with E-state index in [0.717, 1.165) is 6.20 Å². The van der Waals surface area contributed by atoms with E-state index in [1.165, 1.54) is 12.1 Å². The van der Waals surface area contributed by atoms with E-state index in [9.17, 15) is 18.0 Å². The summed E-state index contributed by atoms with van der Waals surface area (Å²) in [5.41, 5.74) is -0.113. The largest absolute Gasteiger partial charge is 0.478 e. The van der Waals surface area contributed by atoms with Gasteiger partial charge in [0.05, 0.1) is 5.56 Å². The van der Waals surface area contributed by atoms with Gasteiger partial charge in [0.1, 0.15) is 5.69 Å². The van der Waals surface area contributed by atoms with Gasteiger partial charge < -0.3 is 9.63 Å². The Kier molecular flexibility index (Phi) is 2.73. The van der Waals surface area contributed by atoms with E-state index >= 15 is 0 Å². The number of rotatable bonds is 2. The number of pyridine rings is 1. The van der Waals surface area contributed by atoms with Gasteiger partial charge in [-0.05, 0) is 12.1 Å². The third-order valence-electron chi connectivity index (χ3n) is 1.91. The quantitative estimate of drug-likeness (QED) is 0.885. The fraction of sp³-hybridized carbons (Fsp3) is 0.111. The number of carboxylic acids is 1. The maximum atomic E-state index is 12.2. The molecule has 0 aliphatic heterocycles. The molecule has 1 N–H and O–H groups in total. The minimum absolute atomic E-state index is 0.0146. The molecule has 0 aliphatic carbocycles. The van der Waals surface area contributed by atoms with E-state index in [0.29, 0.717) is 0 Å². The van der Waals surface area contributed by atoms with Crippen LogP contribution in [0.25, 0.3) is 11.5 Å². The molecule has 0 bridgehead atoms. The van der Waals surface area contributed by atoms with Crippen molar-refractivity contribution in [3.05, 3.63) is 29.8 Å². The molecule has 0 aromatic carbocycles. The average Bonchev–Trinajstić information content (AvgIpc) is 2.78. The number of hydrogen-bond acceptors (Lipinski definition) is 5. The number of carbonyl (C=O) groups is 1. The molecule has 9 heteroatoms. The zero-order valence-corrected chi connectivity index (χ0v) is 8.47. The smallest absolute Gasteiger partial charge is 0.471 e. The fourth-order valence-electron chi connectivity index (χ4n) is 1.10. The lowest BCUT2D eigenvalue weighted by Gasteiger charge is -1.96. The van der Waals surface area contributed by atoms with Crippen LogP contribution in [-0.4, -0.2) is 26.2 Å². The minimum atomic E-state index is -4.73. The summed E-state index contributed by atoms with van der Waals surface area (Å²) in [7, 11) is 0. The highest BCUT2D eigenvalue weighted by Gasteiger charge is 2.38. The van der Waals surface area contributed by atoms with Gasteiger partial charge in [0.15, 0.2) is 0 Å². The van der Waals surface area contributed by atoms with Crippen LogP contribution < -0.4 is 0 Å². The minimum Gasteiger partial charge on any atom is -0.478 e. The monoisotopic (exact) mass is 259 g/mol. The third-order valence-corrected chi connectivity index (χ3v) is 1.91. The molecule has 2 heterocycles. The van der Waals surface area contributed by atoms with Crippen LogP contribution in [0.4, 0.5) is 13.2 Å². The first-order chi connectivity index (χ1) is 8.38. The van der Waals surface area contributed by atoms with Gasteiger partial charge in [0.25, 0.3) is 0 Å². The van der Waals surface area contributed by atoms with Crippen molar-refractivity contribution in [2.75, 3.05) is 0 Å². The molecule has 0 saturated heterocycles. The van der Waals surface area contributed by atoms with E-state index in [-0.39, 0.29) is 17.1 Å². The van der Waals surface area contributed by atoms with Gasteiger partial charge in [-0.25, -0.2) is 4.79 Å². The van der Waals surface area contributed by atoms with E-state index < -0.39 is 18.0 Å². The molecule has 0 radical (unpaired) electrons. The number of carboxylic acid groups (broad SMARTS) is 1. The van der Waals surface area contributed by atoms with Gasteiger partial charge in [-0.2, -0.15) is 18.2 Å². The van der Waals surface area contributed by atoms with Crippen LogP contribution in [0.1, 0.15) is 16.2 Å². The van der Waals surface area contributed by atoms with Crippen molar-refractivity contribution in [2.24, 2.45) is 0 Å². The summed E-state index contributed by atoms with van der Waals surface area (Å²) in [5, 5.41) is 11.7. The van der Waals surface area contributed by atoms with Crippen LogP contribution in [0.2, 0.25) is 0 Å². The molecule has 0 unspecified atom stereocenters. The molecule has 18 heavy (non-hydrogen) atoms. The van der Waals surface area contributed by atoms with Gasteiger partial charge >= 0.3 is 18.0 Å². The predicted molar refractivity (Wildman–Crippen MR) is 49.5 cm³/mol. The number of nitrogens with zero attached hydrogens (tertiary/aromatic N) is 3. The Labute approximate surface area is 97.1 Å². The summed E-state index contributed by atoms with van der Waals surface area (Å²) in [5.74, 6) is -3.04. The van der Waals surface area contributed by atoms with Crippen molar-refractivity contribution >= 4 is 5.97 Å². The highest BCUT2D eigenvalue weighted by atomic mass is 19.4. The van der Waals surface area contributed by atoms with E-state index in [4.69, 9.17) is 5.11 Å². The number of alkyl halides is 3. The Bertz CT molecular complexity index is 577. The topological polar surface area (TPSA) is 89.1 Å². The molecule has 0 atom stereocenters. The lowest BCUT2D eigenvalue weighted by molar-refractivity contribution is -0.159. The fourth-order valence-corrected chi connectivity index (χ4v) is 1.10. The normalized spacial score (nSPS) is 11.5. The molecule has 0 saturated carbocycles. The first kappa shape index (κ1) is 12.0. The zero-order valence-electron chi connectivity index (χ0n) is 8.47. The maximum absolute atomic E-state index is 12.2. The molecule has 0 spiro atoms. The van der Waals surface area contributed by atoms with Crippen molar-refractivity contribution in [3.63, 3.8) is 0 Å². The number of aromatic carboxylic acids is 1. The summed E-state index contributed by atoms with van der Waals surface area (Å²) >= 11 is 0. The van der Waals surface area contributed by atoms with Crippen molar-refractivity contribution in [3.8, 4) is 11.5 Å². The molecule has 6 nitrogen and oxygen atoms in total. The highest BCUT2D eigenvalue weighted by Crippen LogP contribution is 2.28. The summed E-state index contributed by atoms with van der Waals surface area (Å²) in [6.07, 6.45) is -3.74. The van der Waals surface area contributed by atoms with Gasteiger partial charge in [-0.1, -0.05) is 5.16 Å². The molecular formula is C9H4F3N3O3. The summed E-state index contributed by atoms with van der Waals surface area (Å²) in [4.78, 5) is 17.3. The molecule has 2 aromatic rings. The Morgan fingerprint density at radius 1 is 1.33 bits per heavy atom. The zero-order chi connectivity index (χ0) is 13.3. The highest BCUT2D eigenvalue weighted by molar-refractivity contribution is 5.87. The van der Waals surface area contributed by atoms with Crippen molar-refractivity contribution in [1.29, 1.82) is 0 Å². The second-order valence-electron chi connectivity index (χ2n) is 3.16. The van der Waals surface area contributed by atoms with E-state index in [1.54, 1.807) is 0 Å². The van der Waals surface area contributed by atoms with Crippen molar-refractivity contribution in [2.45, 2.75) is 6.18 Å². The standard InChI is InChI=1S/C9H4F3N3O3/c10-9(11,12)8-14-6(15-18-8)5-2-1-4(3-13-5)7(16)17/h1-3H,(H,16,17). The summed E-state index contributed by atoms with van der Waals surface area (Å²) in [6, 6.07) is 2.36. The predicted octanol–water partition coefficient (Wildman–Crippen LogP) is 1.85. The Hall–Kier alpha value is -2.45. The molecule has 2 rings (SSSR count). The second-order valence-corrected chi connectivity index (χ2v) is 3.16. The summed E-state index contributed by atoms with van der Waals surface area (Å²) < 4.78 is 40.6. The number of hydrogen-bond donors (Lipinski definition) is 1. The molecule has 2 aromatic heterocycles. The maximum Gasteiger partial charge on any atom is 0.471 e. The SMILES string of the molecule is O=C(O)c1ccc(-c2noc(C(F)(F)F)n2)nc1. The van der Waals surface area contributed by atoms with Gasteiger partial charge in [-0.3, -0.25) is 4.98 Å². The molecule has 0 fully saturated rings. The van der Waals surface area contributed by atoms with Crippen LogP contribution in [0, 0.1) is 0 Å². The van der Waals surface area contributed by atoms with E-state index in [1.807, 2.05) is 0 Å². The number of halogens is 3. The molecule has 94 valence electrons. The average molecular weight is 259 g/mol. The molecular weight excluding hydrogens is 255 g/mol. The van der Waals surface area contributed by atoms with Crippen LogP contribution in [0.5, 0.6) is 0 Å². The first-order valence-corrected chi connectivity index (χ1v) is 4.48. The van der Waals surface area contributed by atoms with Gasteiger partial charge in [-0.15, -0.1) is 0 Å². The lowest BCUT2D eigenvalue weighted by atomic mass is 10.2. The van der Waals surface area contributed by atoms with Gasteiger partial charge in [0.2, 0.25) is 5.82 Å². The Balaban J connectivity index is 2.32. The molecule has 0 amide bonds. The Morgan fingerprint density at radius 3 is 2.50 bits per heavy atom. The van der Waals surface area contributed by atoms with Crippen LogP contribution in [0.3, 0.4) is 0 Å². The van der Waals surface area contributed by atoms with E-state index in [2.05, 4.69) is 19.6 Å². The van der Waals surface area contributed by atoms with Crippen molar-refractivity contribution in [1.82, 2.24) is 15.1 Å². The van der Waals surface area contributed by atoms with Crippen LogP contribution in [-0.2, 0) is 6.18 Å². The third kappa shape index (κ3) is 2.29. The second kappa shape index (κ2) is 4.09. The van der Waals surface area contributed by atoms with Crippen molar-refractivity contribution < 1.29 is 27.6 Å². The molecule has 0 aliphatic rings. The lowest BCUT2D eigenvalue weighted by Crippen LogP contribution is -2.05.